The van der Waals surface area contributed by atoms with E-state index in [0.29, 0.717) is 24.1 Å². The molecular weight excluding hydrogens is 429 g/mol. The van der Waals surface area contributed by atoms with E-state index in [0.717, 1.165) is 6.07 Å². The highest BCUT2D eigenvalue weighted by atomic mass is 19.1. The van der Waals surface area contributed by atoms with Crippen molar-refractivity contribution in [2.45, 2.75) is 39.0 Å². The highest BCUT2D eigenvalue weighted by Crippen LogP contribution is 2.27. The van der Waals surface area contributed by atoms with Crippen molar-refractivity contribution in [2.75, 3.05) is 13.1 Å². The summed E-state index contributed by atoms with van der Waals surface area (Å²) in [6.07, 6.45) is -0.417. The zero-order valence-electron chi connectivity index (χ0n) is 18.7. The summed E-state index contributed by atoms with van der Waals surface area (Å²) in [5, 5.41) is 0. The Morgan fingerprint density at radius 1 is 1.15 bits per heavy atom. The highest BCUT2D eigenvalue weighted by Gasteiger charge is 2.36. The number of nitrogens with zero attached hydrogens (tertiary/aromatic N) is 3. The van der Waals surface area contributed by atoms with Gasteiger partial charge in [0.25, 0.3) is 5.91 Å². The van der Waals surface area contributed by atoms with E-state index >= 15 is 0 Å². The fourth-order valence-electron chi connectivity index (χ4n) is 3.90. The number of ether oxygens (including phenoxy) is 1. The van der Waals surface area contributed by atoms with Gasteiger partial charge in [0, 0.05) is 24.2 Å². The number of hydrazine groups is 1. The van der Waals surface area contributed by atoms with Gasteiger partial charge in [0.05, 0.1) is 23.6 Å². The Hall–Kier alpha value is -3.66. The molecule has 1 aliphatic rings. The van der Waals surface area contributed by atoms with Crippen molar-refractivity contribution < 1.29 is 18.7 Å². The van der Waals surface area contributed by atoms with Gasteiger partial charge in [0.2, 0.25) is 0 Å². The van der Waals surface area contributed by atoms with Crippen LogP contribution in [0.1, 0.15) is 42.7 Å². The second-order valence-electron chi connectivity index (χ2n) is 9.05. The van der Waals surface area contributed by atoms with Gasteiger partial charge in [0.15, 0.2) is 0 Å². The second-order valence-corrected chi connectivity index (χ2v) is 9.05. The number of halogens is 1. The average Bonchev–Trinajstić information content (AvgIpc) is 2.98. The van der Waals surface area contributed by atoms with Crippen molar-refractivity contribution >= 4 is 23.0 Å². The predicted molar refractivity (Wildman–Crippen MR) is 120 cm³/mol. The van der Waals surface area contributed by atoms with Crippen molar-refractivity contribution in [3.05, 3.63) is 69.9 Å². The molecule has 0 atom stereocenters. The first-order valence-corrected chi connectivity index (χ1v) is 10.6. The zero-order chi connectivity index (χ0) is 23.9. The van der Waals surface area contributed by atoms with Crippen LogP contribution in [0.25, 0.3) is 11.0 Å². The van der Waals surface area contributed by atoms with E-state index < -0.39 is 23.4 Å². The summed E-state index contributed by atoms with van der Waals surface area (Å²) < 4.78 is 23.2. The Balaban J connectivity index is 1.62. The Labute approximate surface area is 189 Å². The smallest absolute Gasteiger partial charge is 0.410 e. The molecular formula is C23H26FN5O4. The van der Waals surface area contributed by atoms with Crippen LogP contribution >= 0.6 is 0 Å². The Morgan fingerprint density at radius 2 is 1.82 bits per heavy atom. The van der Waals surface area contributed by atoms with Gasteiger partial charge < -0.3 is 9.64 Å². The maximum Gasteiger partial charge on any atom is 0.410 e. The summed E-state index contributed by atoms with van der Waals surface area (Å²) in [7, 11) is 0. The van der Waals surface area contributed by atoms with Crippen molar-refractivity contribution in [1.29, 1.82) is 0 Å². The fourth-order valence-corrected chi connectivity index (χ4v) is 3.90. The standard InChI is InChI=1S/C23H26FN5O4/c1-23(2,3)33-22(32)27-12-16(13-27)29-19-7-5-4-6-18(19)28(21(29)31)11-15-9-8-14(10-17(15)24)20(30)26-25/h4-10,16H,11-13,25H2,1-3H3,(H,26,30). The topological polar surface area (TPSA) is 112 Å². The van der Waals surface area contributed by atoms with Crippen LogP contribution in [0, 0.1) is 5.82 Å². The van der Waals surface area contributed by atoms with Crippen molar-refractivity contribution in [1.82, 2.24) is 19.5 Å². The molecule has 0 spiro atoms. The van der Waals surface area contributed by atoms with Crippen LogP contribution in [0.3, 0.4) is 0 Å². The quantitative estimate of drug-likeness (QED) is 0.356. The lowest BCUT2D eigenvalue weighted by molar-refractivity contribution is 0.00108. The molecule has 2 aromatic carbocycles. The van der Waals surface area contributed by atoms with Gasteiger partial charge in [-0.2, -0.15) is 0 Å². The number of para-hydroxylation sites is 2. The molecule has 3 aromatic rings. The van der Waals surface area contributed by atoms with Crippen LogP contribution in [0.4, 0.5) is 9.18 Å². The molecule has 9 nitrogen and oxygen atoms in total. The number of nitrogen functional groups attached to an aromatic ring is 1. The Bertz CT molecular complexity index is 1280. The molecule has 1 fully saturated rings. The maximum absolute atomic E-state index is 14.7. The highest BCUT2D eigenvalue weighted by molar-refractivity contribution is 5.93. The van der Waals surface area contributed by atoms with Crippen LogP contribution in [0.5, 0.6) is 0 Å². The number of nitrogens with one attached hydrogen (secondary N) is 1. The van der Waals surface area contributed by atoms with E-state index in [1.165, 1.54) is 16.7 Å². The van der Waals surface area contributed by atoms with Crippen molar-refractivity contribution in [3.8, 4) is 0 Å². The molecule has 4 rings (SSSR count). The number of amides is 2. The molecule has 2 amide bonds. The van der Waals surface area contributed by atoms with Crippen LogP contribution in [0.15, 0.2) is 47.3 Å². The number of nitrogens with two attached hydrogens (primary N) is 1. The van der Waals surface area contributed by atoms with E-state index in [4.69, 9.17) is 10.6 Å². The number of carbonyl (C=O) groups excluding carboxylic acids is 2. The number of carbonyl (C=O) groups is 2. The van der Waals surface area contributed by atoms with Gasteiger partial charge in [-0.05, 0) is 45.0 Å². The maximum atomic E-state index is 14.7. The van der Waals surface area contributed by atoms with E-state index in [1.807, 2.05) is 17.6 Å². The first kappa shape index (κ1) is 22.5. The lowest BCUT2D eigenvalue weighted by Crippen LogP contribution is -2.54. The summed E-state index contributed by atoms with van der Waals surface area (Å²) in [5.74, 6) is 3.89. The van der Waals surface area contributed by atoms with Crippen LogP contribution in [-0.2, 0) is 11.3 Å². The largest absolute Gasteiger partial charge is 0.444 e. The minimum Gasteiger partial charge on any atom is -0.444 e. The monoisotopic (exact) mass is 455 g/mol. The van der Waals surface area contributed by atoms with E-state index in [9.17, 15) is 18.8 Å². The van der Waals surface area contributed by atoms with Crippen molar-refractivity contribution in [3.63, 3.8) is 0 Å². The molecule has 3 N–H and O–H groups in total. The Kier molecular flexibility index (Phi) is 5.71. The van der Waals surface area contributed by atoms with Gasteiger partial charge in [-0.15, -0.1) is 0 Å². The molecule has 0 unspecified atom stereocenters. The summed E-state index contributed by atoms with van der Waals surface area (Å²) in [6, 6.07) is 11.1. The summed E-state index contributed by atoms with van der Waals surface area (Å²) in [6.45, 7) is 6.09. The predicted octanol–water partition coefficient (Wildman–Crippen LogP) is 2.39. The van der Waals surface area contributed by atoms with Gasteiger partial charge in [-0.25, -0.2) is 19.8 Å². The number of imidazole rings is 1. The molecule has 0 bridgehead atoms. The average molecular weight is 455 g/mol. The van der Waals surface area contributed by atoms with Crippen LogP contribution < -0.4 is 17.0 Å². The molecule has 1 aliphatic heterocycles. The number of hydrogen-bond donors (Lipinski definition) is 2. The van der Waals surface area contributed by atoms with Gasteiger partial charge in [0.1, 0.15) is 11.4 Å². The van der Waals surface area contributed by atoms with Gasteiger partial charge in [-0.3, -0.25) is 19.4 Å². The first-order chi connectivity index (χ1) is 15.6. The number of rotatable bonds is 4. The van der Waals surface area contributed by atoms with E-state index in [2.05, 4.69) is 0 Å². The molecule has 10 heteroatoms. The fraction of sp³-hybridized carbons (Fsp3) is 0.348. The van der Waals surface area contributed by atoms with Gasteiger partial charge in [-0.1, -0.05) is 18.2 Å². The zero-order valence-corrected chi connectivity index (χ0v) is 18.7. The van der Waals surface area contributed by atoms with Crippen LogP contribution in [0.2, 0.25) is 0 Å². The number of likely N-dealkylation sites (tertiary alicyclic amines) is 1. The third-order valence-electron chi connectivity index (χ3n) is 5.52. The molecule has 2 heterocycles. The number of benzene rings is 2. The minimum absolute atomic E-state index is 0.00873. The molecule has 0 radical (unpaired) electrons. The van der Waals surface area contributed by atoms with E-state index in [1.54, 1.807) is 42.4 Å². The molecule has 174 valence electrons. The molecule has 1 aromatic heterocycles. The lowest BCUT2D eigenvalue weighted by atomic mass is 10.1. The summed E-state index contributed by atoms with van der Waals surface area (Å²) >= 11 is 0. The number of aromatic nitrogens is 2. The summed E-state index contributed by atoms with van der Waals surface area (Å²) in [4.78, 5) is 38.8. The van der Waals surface area contributed by atoms with E-state index in [-0.39, 0.29) is 29.4 Å². The summed E-state index contributed by atoms with van der Waals surface area (Å²) in [5.41, 5.74) is 2.78. The third kappa shape index (κ3) is 4.34. The molecule has 0 saturated carbocycles. The molecule has 0 aliphatic carbocycles. The normalized spacial score (nSPS) is 14.3. The lowest BCUT2D eigenvalue weighted by Gasteiger charge is -2.40. The van der Waals surface area contributed by atoms with Crippen LogP contribution in [-0.4, -0.2) is 44.7 Å². The molecule has 1 saturated heterocycles. The van der Waals surface area contributed by atoms with Crippen molar-refractivity contribution in [2.24, 2.45) is 5.84 Å². The SMILES string of the molecule is CC(C)(C)OC(=O)N1CC(n2c(=O)n(Cc3ccc(C(=O)NN)cc3F)c3ccccc32)C1. The minimum atomic E-state index is -0.612. The second kappa shape index (κ2) is 8.36. The number of fused-ring (bicyclic) bond motifs is 1. The molecule has 33 heavy (non-hydrogen) atoms. The third-order valence-corrected chi connectivity index (χ3v) is 5.52. The first-order valence-electron chi connectivity index (χ1n) is 10.6. The van der Waals surface area contributed by atoms with Gasteiger partial charge >= 0.3 is 11.8 Å². The number of hydrogen-bond acceptors (Lipinski definition) is 5. The Morgan fingerprint density at radius 3 is 2.42 bits per heavy atom.